The van der Waals surface area contributed by atoms with Crippen LogP contribution in [0.3, 0.4) is 0 Å². The lowest BCUT2D eigenvalue weighted by atomic mass is 10.0. The van der Waals surface area contributed by atoms with Gasteiger partial charge < -0.3 is 23.8 Å². The molecule has 1 aliphatic rings. The average Bonchev–Trinajstić information content (AvgIpc) is 2.81. The normalized spacial score (nSPS) is 14.0. The van der Waals surface area contributed by atoms with Crippen LogP contribution in [0, 0.1) is 0 Å². The molecule has 164 valence electrons. The maximum atomic E-state index is 12.9. The molecule has 2 aromatic carbocycles. The summed E-state index contributed by atoms with van der Waals surface area (Å²) in [7, 11) is 4.58. The molecule has 0 aliphatic carbocycles. The molecule has 1 heterocycles. The largest absolute Gasteiger partial charge is 0.496 e. The summed E-state index contributed by atoms with van der Waals surface area (Å²) in [6.07, 6.45) is 3.72. The molecule has 7 heteroatoms. The van der Waals surface area contributed by atoms with Gasteiger partial charge in [-0.2, -0.15) is 0 Å². The van der Waals surface area contributed by atoms with Gasteiger partial charge in [0.25, 0.3) is 5.91 Å². The maximum Gasteiger partial charge on any atom is 0.331 e. The van der Waals surface area contributed by atoms with Gasteiger partial charge in [0.15, 0.2) is 17.6 Å². The van der Waals surface area contributed by atoms with Gasteiger partial charge in [0, 0.05) is 29.9 Å². The minimum Gasteiger partial charge on any atom is -0.496 e. The highest BCUT2D eigenvalue weighted by Gasteiger charge is 2.27. The van der Waals surface area contributed by atoms with Gasteiger partial charge in [0.2, 0.25) is 0 Å². The number of carbonyl (C=O) groups is 2. The van der Waals surface area contributed by atoms with Crippen molar-refractivity contribution in [2.24, 2.45) is 0 Å². The number of aryl methyl sites for hydroxylation is 1. The van der Waals surface area contributed by atoms with E-state index in [1.54, 1.807) is 30.0 Å². The predicted molar refractivity (Wildman–Crippen MR) is 118 cm³/mol. The van der Waals surface area contributed by atoms with Crippen LogP contribution in [-0.4, -0.2) is 45.9 Å². The van der Waals surface area contributed by atoms with Crippen LogP contribution in [0.2, 0.25) is 0 Å². The van der Waals surface area contributed by atoms with E-state index in [-0.39, 0.29) is 5.91 Å². The molecule has 0 bridgehead atoms. The minimum atomic E-state index is -0.907. The molecule has 1 amide bonds. The Morgan fingerprint density at radius 1 is 1.00 bits per heavy atom. The fourth-order valence-corrected chi connectivity index (χ4v) is 3.59. The third-order valence-electron chi connectivity index (χ3n) is 5.15. The monoisotopic (exact) mass is 425 g/mol. The highest BCUT2D eigenvalue weighted by molar-refractivity contribution is 5.99. The van der Waals surface area contributed by atoms with E-state index in [9.17, 15) is 9.59 Å². The molecule has 2 aromatic rings. The molecule has 0 saturated heterocycles. The second-order valence-electron chi connectivity index (χ2n) is 7.08. The fourth-order valence-electron chi connectivity index (χ4n) is 3.59. The summed E-state index contributed by atoms with van der Waals surface area (Å²) in [5, 5.41) is 0. The van der Waals surface area contributed by atoms with E-state index in [2.05, 4.69) is 0 Å². The van der Waals surface area contributed by atoms with Crippen LogP contribution >= 0.6 is 0 Å². The van der Waals surface area contributed by atoms with Crippen LogP contribution in [0.15, 0.2) is 42.5 Å². The lowest BCUT2D eigenvalue weighted by molar-refractivity contribution is -0.149. The van der Waals surface area contributed by atoms with Crippen LogP contribution in [0.5, 0.6) is 17.2 Å². The summed E-state index contributed by atoms with van der Waals surface area (Å²) in [6.45, 7) is 2.19. The number of esters is 1. The molecule has 31 heavy (non-hydrogen) atoms. The van der Waals surface area contributed by atoms with Gasteiger partial charge in [-0.3, -0.25) is 4.79 Å². The lowest BCUT2D eigenvalue weighted by Gasteiger charge is -2.31. The van der Waals surface area contributed by atoms with Crippen molar-refractivity contribution in [1.82, 2.24) is 0 Å². The Bertz CT molecular complexity index is 984. The van der Waals surface area contributed by atoms with Crippen molar-refractivity contribution >= 4 is 23.6 Å². The first-order chi connectivity index (χ1) is 15.0. The van der Waals surface area contributed by atoms with Crippen LogP contribution in [0.4, 0.5) is 5.69 Å². The number of rotatable bonds is 7. The zero-order chi connectivity index (χ0) is 22.4. The zero-order valence-corrected chi connectivity index (χ0v) is 18.2. The number of ether oxygens (including phenoxy) is 4. The number of para-hydroxylation sites is 1. The molecular weight excluding hydrogens is 398 g/mol. The van der Waals surface area contributed by atoms with E-state index in [0.29, 0.717) is 29.4 Å². The first-order valence-corrected chi connectivity index (χ1v) is 10.1. The van der Waals surface area contributed by atoms with Gasteiger partial charge in [-0.05, 0) is 43.5 Å². The number of fused-ring (bicyclic) bond motifs is 1. The Morgan fingerprint density at radius 3 is 2.39 bits per heavy atom. The molecule has 0 radical (unpaired) electrons. The molecule has 0 fully saturated rings. The summed E-state index contributed by atoms with van der Waals surface area (Å²) in [4.78, 5) is 27.0. The minimum absolute atomic E-state index is 0.238. The van der Waals surface area contributed by atoms with Crippen LogP contribution < -0.4 is 19.1 Å². The van der Waals surface area contributed by atoms with Crippen molar-refractivity contribution in [3.63, 3.8) is 0 Å². The molecule has 0 aromatic heterocycles. The second-order valence-corrected chi connectivity index (χ2v) is 7.08. The zero-order valence-electron chi connectivity index (χ0n) is 18.2. The molecule has 3 rings (SSSR count). The van der Waals surface area contributed by atoms with Crippen molar-refractivity contribution in [3.05, 3.63) is 53.6 Å². The molecule has 1 atom stereocenters. The highest BCUT2D eigenvalue weighted by Crippen LogP contribution is 2.35. The van der Waals surface area contributed by atoms with Crippen LogP contribution in [0.1, 0.15) is 24.5 Å². The van der Waals surface area contributed by atoms with E-state index in [1.807, 2.05) is 24.3 Å². The van der Waals surface area contributed by atoms with Gasteiger partial charge >= 0.3 is 5.97 Å². The summed E-state index contributed by atoms with van der Waals surface area (Å²) < 4.78 is 21.3. The Hall–Kier alpha value is -3.48. The van der Waals surface area contributed by atoms with Crippen LogP contribution in [0.25, 0.3) is 6.08 Å². The Balaban J connectivity index is 1.70. The van der Waals surface area contributed by atoms with Crippen molar-refractivity contribution < 1.29 is 28.5 Å². The third-order valence-corrected chi connectivity index (χ3v) is 5.15. The van der Waals surface area contributed by atoms with E-state index in [1.165, 1.54) is 27.4 Å². The number of benzene rings is 2. The van der Waals surface area contributed by atoms with Gasteiger partial charge in [-0.15, -0.1) is 0 Å². The highest BCUT2D eigenvalue weighted by atomic mass is 16.5. The number of methoxy groups -OCH3 is 3. The summed E-state index contributed by atoms with van der Waals surface area (Å²) in [5.74, 6) is 0.667. The SMILES string of the molecule is COc1cc(OC)c(OC)cc1/C=C/C(=O)OC(C)C(=O)N1CCCc2ccccc21. The molecule has 7 nitrogen and oxygen atoms in total. The Morgan fingerprint density at radius 2 is 1.68 bits per heavy atom. The second kappa shape index (κ2) is 10.0. The van der Waals surface area contributed by atoms with E-state index in [4.69, 9.17) is 18.9 Å². The third kappa shape index (κ3) is 4.99. The number of amides is 1. The molecular formula is C24H27NO6. The molecule has 0 spiro atoms. The standard InChI is InChI=1S/C24H27NO6/c1-16(24(27)25-13-7-9-17-8-5-6-10-19(17)25)31-23(26)12-11-18-14-21(29-3)22(30-4)15-20(18)28-2/h5-6,8,10-12,14-16H,7,9,13H2,1-4H3/b12-11+. The van der Waals surface area contributed by atoms with Gasteiger partial charge in [0.05, 0.1) is 21.3 Å². The number of carbonyl (C=O) groups excluding carboxylic acids is 2. The average molecular weight is 425 g/mol. The summed E-state index contributed by atoms with van der Waals surface area (Å²) >= 11 is 0. The maximum absolute atomic E-state index is 12.9. The smallest absolute Gasteiger partial charge is 0.331 e. The van der Waals surface area contributed by atoms with Gasteiger partial charge in [0.1, 0.15) is 5.75 Å². The first-order valence-electron chi connectivity index (χ1n) is 10.1. The predicted octanol–water partition coefficient (Wildman–Crippen LogP) is 3.64. The lowest BCUT2D eigenvalue weighted by Crippen LogP contribution is -2.42. The quantitative estimate of drug-likeness (QED) is 0.498. The van der Waals surface area contributed by atoms with E-state index < -0.39 is 12.1 Å². The molecule has 1 unspecified atom stereocenters. The topological polar surface area (TPSA) is 74.3 Å². The van der Waals surface area contributed by atoms with Gasteiger partial charge in [-0.1, -0.05) is 18.2 Å². The number of anilines is 1. The fraction of sp³-hybridized carbons (Fsp3) is 0.333. The summed E-state index contributed by atoms with van der Waals surface area (Å²) in [6, 6.07) is 11.2. The number of nitrogens with zero attached hydrogens (tertiary/aromatic N) is 1. The number of hydrogen-bond acceptors (Lipinski definition) is 6. The van der Waals surface area contributed by atoms with E-state index in [0.717, 1.165) is 24.1 Å². The number of hydrogen-bond donors (Lipinski definition) is 0. The van der Waals surface area contributed by atoms with Gasteiger partial charge in [-0.25, -0.2) is 4.79 Å². The molecule has 0 N–H and O–H groups in total. The molecule has 1 aliphatic heterocycles. The van der Waals surface area contributed by atoms with Crippen LogP contribution in [-0.2, 0) is 20.7 Å². The van der Waals surface area contributed by atoms with Crippen molar-refractivity contribution in [3.8, 4) is 17.2 Å². The molecule has 0 saturated carbocycles. The van der Waals surface area contributed by atoms with Crippen molar-refractivity contribution in [2.45, 2.75) is 25.9 Å². The Kier molecular flexibility index (Phi) is 7.18. The van der Waals surface area contributed by atoms with E-state index >= 15 is 0 Å². The van der Waals surface area contributed by atoms with Crippen molar-refractivity contribution in [1.29, 1.82) is 0 Å². The summed E-state index contributed by atoms with van der Waals surface area (Å²) in [5.41, 5.74) is 2.62. The first kappa shape index (κ1) is 22.2. The van der Waals surface area contributed by atoms with Crippen molar-refractivity contribution in [2.75, 3.05) is 32.8 Å². The Labute approximate surface area is 182 Å².